The van der Waals surface area contributed by atoms with Crippen molar-refractivity contribution in [1.29, 1.82) is 0 Å². The SMILES string of the molecule is CC[C@H](Oc1cccc(Cl)c1)C(=O)NNC(=S)Nc1ccc2c(c1)OCCO2. The zero-order valence-electron chi connectivity index (χ0n) is 15.2. The Morgan fingerprint density at radius 3 is 2.71 bits per heavy atom. The summed E-state index contributed by atoms with van der Waals surface area (Å²) >= 11 is 11.2. The van der Waals surface area contributed by atoms with E-state index in [4.69, 9.17) is 38.0 Å². The summed E-state index contributed by atoms with van der Waals surface area (Å²) in [6.45, 7) is 2.88. The van der Waals surface area contributed by atoms with E-state index in [2.05, 4.69) is 16.2 Å². The van der Waals surface area contributed by atoms with Gasteiger partial charge in [0, 0.05) is 16.8 Å². The normalized spacial score (nSPS) is 13.2. The first-order valence-corrected chi connectivity index (χ1v) is 9.52. The first kappa shape index (κ1) is 20.0. The van der Waals surface area contributed by atoms with Gasteiger partial charge in [0.1, 0.15) is 19.0 Å². The van der Waals surface area contributed by atoms with E-state index < -0.39 is 6.10 Å². The molecule has 0 bridgehead atoms. The largest absolute Gasteiger partial charge is 0.486 e. The third-order valence-electron chi connectivity index (χ3n) is 3.84. The van der Waals surface area contributed by atoms with Crippen LogP contribution in [0, 0.1) is 0 Å². The number of anilines is 1. The van der Waals surface area contributed by atoms with E-state index in [0.29, 0.717) is 47.6 Å². The van der Waals surface area contributed by atoms with E-state index in [1.165, 1.54) is 0 Å². The molecule has 0 spiro atoms. The van der Waals surface area contributed by atoms with Gasteiger partial charge in [-0.3, -0.25) is 15.6 Å². The third kappa shape index (κ3) is 5.40. The lowest BCUT2D eigenvalue weighted by Crippen LogP contribution is -2.49. The number of carbonyl (C=O) groups excluding carboxylic acids is 1. The molecule has 1 amide bonds. The number of hydrogen-bond acceptors (Lipinski definition) is 5. The molecule has 2 aromatic carbocycles. The average Bonchev–Trinajstić information content (AvgIpc) is 2.70. The smallest absolute Gasteiger partial charge is 0.279 e. The fourth-order valence-corrected chi connectivity index (χ4v) is 2.86. The number of benzene rings is 2. The minimum Gasteiger partial charge on any atom is -0.486 e. The van der Waals surface area contributed by atoms with Gasteiger partial charge in [-0.25, -0.2) is 0 Å². The maximum absolute atomic E-state index is 12.4. The molecule has 9 heteroatoms. The van der Waals surface area contributed by atoms with Crippen molar-refractivity contribution in [3.8, 4) is 17.2 Å². The van der Waals surface area contributed by atoms with Gasteiger partial charge in [-0.1, -0.05) is 24.6 Å². The van der Waals surface area contributed by atoms with Crippen LogP contribution in [0.3, 0.4) is 0 Å². The number of rotatable bonds is 5. The van der Waals surface area contributed by atoms with Crippen molar-refractivity contribution in [2.75, 3.05) is 18.5 Å². The van der Waals surface area contributed by atoms with E-state index in [1.807, 2.05) is 6.92 Å². The summed E-state index contributed by atoms with van der Waals surface area (Å²) < 4.78 is 16.7. The summed E-state index contributed by atoms with van der Waals surface area (Å²) in [6.07, 6.45) is -0.217. The lowest BCUT2D eigenvalue weighted by atomic mass is 10.2. The number of amides is 1. The molecular formula is C19H20ClN3O4S. The molecule has 7 nitrogen and oxygen atoms in total. The predicted molar refractivity (Wildman–Crippen MR) is 111 cm³/mol. The van der Waals surface area contributed by atoms with Gasteiger partial charge in [-0.15, -0.1) is 0 Å². The van der Waals surface area contributed by atoms with Crippen LogP contribution in [-0.2, 0) is 4.79 Å². The average molecular weight is 422 g/mol. The second-order valence-corrected chi connectivity index (χ2v) is 6.74. The van der Waals surface area contributed by atoms with Crippen molar-refractivity contribution in [3.63, 3.8) is 0 Å². The highest BCUT2D eigenvalue weighted by molar-refractivity contribution is 7.80. The molecule has 0 unspecified atom stereocenters. The molecule has 2 aromatic rings. The first-order valence-electron chi connectivity index (χ1n) is 8.74. The third-order valence-corrected chi connectivity index (χ3v) is 4.28. The number of hydrogen-bond donors (Lipinski definition) is 3. The zero-order chi connectivity index (χ0) is 19.9. The highest BCUT2D eigenvalue weighted by Gasteiger charge is 2.19. The van der Waals surface area contributed by atoms with Crippen LogP contribution in [0.5, 0.6) is 17.2 Å². The monoisotopic (exact) mass is 421 g/mol. The Hall–Kier alpha value is -2.71. The summed E-state index contributed by atoms with van der Waals surface area (Å²) in [5.41, 5.74) is 5.92. The van der Waals surface area contributed by atoms with Gasteiger partial charge in [-0.2, -0.15) is 0 Å². The molecule has 1 atom stereocenters. The molecule has 1 heterocycles. The Morgan fingerprint density at radius 2 is 1.96 bits per heavy atom. The maximum Gasteiger partial charge on any atom is 0.279 e. The summed E-state index contributed by atoms with van der Waals surface area (Å²) in [5, 5.41) is 3.74. The van der Waals surface area contributed by atoms with Crippen LogP contribution >= 0.6 is 23.8 Å². The van der Waals surface area contributed by atoms with Crippen molar-refractivity contribution in [2.45, 2.75) is 19.4 Å². The maximum atomic E-state index is 12.4. The lowest BCUT2D eigenvalue weighted by molar-refractivity contribution is -0.128. The van der Waals surface area contributed by atoms with Crippen LogP contribution in [-0.4, -0.2) is 30.3 Å². The van der Waals surface area contributed by atoms with Gasteiger partial charge < -0.3 is 19.5 Å². The Morgan fingerprint density at radius 1 is 1.18 bits per heavy atom. The Labute approximate surface area is 173 Å². The van der Waals surface area contributed by atoms with E-state index >= 15 is 0 Å². The molecule has 0 fully saturated rings. The molecule has 0 radical (unpaired) electrons. The molecule has 148 valence electrons. The second kappa shape index (κ2) is 9.48. The van der Waals surface area contributed by atoms with Gasteiger partial charge >= 0.3 is 0 Å². The van der Waals surface area contributed by atoms with Crippen molar-refractivity contribution in [2.24, 2.45) is 0 Å². The molecule has 3 rings (SSSR count). The second-order valence-electron chi connectivity index (χ2n) is 5.90. The molecule has 1 aliphatic heterocycles. The predicted octanol–water partition coefficient (Wildman–Crippen LogP) is 3.29. The van der Waals surface area contributed by atoms with Crippen LogP contribution in [0.15, 0.2) is 42.5 Å². The van der Waals surface area contributed by atoms with Gasteiger partial charge in [0.05, 0.1) is 0 Å². The van der Waals surface area contributed by atoms with Crippen LogP contribution in [0.4, 0.5) is 5.69 Å². The highest BCUT2D eigenvalue weighted by atomic mass is 35.5. The quantitative estimate of drug-likeness (QED) is 0.505. The number of carbonyl (C=O) groups is 1. The topological polar surface area (TPSA) is 80.9 Å². The molecular weight excluding hydrogens is 402 g/mol. The summed E-state index contributed by atoms with van der Waals surface area (Å²) in [7, 11) is 0. The van der Waals surface area contributed by atoms with Crippen LogP contribution in [0.2, 0.25) is 5.02 Å². The van der Waals surface area contributed by atoms with Gasteiger partial charge in [0.25, 0.3) is 5.91 Å². The fourth-order valence-electron chi connectivity index (χ4n) is 2.51. The molecule has 0 aromatic heterocycles. The summed E-state index contributed by atoms with van der Waals surface area (Å²) in [4.78, 5) is 12.4. The van der Waals surface area contributed by atoms with E-state index in [0.717, 1.165) is 0 Å². The first-order chi connectivity index (χ1) is 13.5. The Bertz CT molecular complexity index is 865. The summed E-state index contributed by atoms with van der Waals surface area (Å²) in [5.74, 6) is 1.50. The fraction of sp³-hybridized carbons (Fsp3) is 0.263. The number of halogens is 1. The molecule has 0 saturated heterocycles. The highest BCUT2D eigenvalue weighted by Crippen LogP contribution is 2.32. The molecule has 28 heavy (non-hydrogen) atoms. The van der Waals surface area contributed by atoms with E-state index in [-0.39, 0.29) is 11.0 Å². The standard InChI is InChI=1S/C19H20ClN3O4S/c1-2-15(27-14-5-3-4-12(20)10-14)18(24)22-23-19(28)21-13-6-7-16-17(11-13)26-9-8-25-16/h3-7,10-11,15H,2,8-9H2,1H3,(H,22,24)(H2,21,23,28)/t15-/m0/s1. The zero-order valence-corrected chi connectivity index (χ0v) is 16.7. The van der Waals surface area contributed by atoms with E-state index in [1.54, 1.807) is 42.5 Å². The number of ether oxygens (including phenoxy) is 3. The molecule has 1 aliphatic rings. The van der Waals surface area contributed by atoms with Crippen LogP contribution in [0.1, 0.15) is 13.3 Å². The van der Waals surface area contributed by atoms with Crippen LogP contribution in [0.25, 0.3) is 0 Å². The van der Waals surface area contributed by atoms with Gasteiger partial charge in [-0.05, 0) is 49.0 Å². The number of thiocarbonyl (C=S) groups is 1. The van der Waals surface area contributed by atoms with Crippen molar-refractivity contribution in [3.05, 3.63) is 47.5 Å². The lowest BCUT2D eigenvalue weighted by Gasteiger charge is -2.20. The van der Waals surface area contributed by atoms with Gasteiger partial charge in [0.2, 0.25) is 0 Å². The molecule has 0 aliphatic carbocycles. The summed E-state index contributed by atoms with van der Waals surface area (Å²) in [6, 6.07) is 12.3. The minimum atomic E-state index is -0.692. The van der Waals surface area contributed by atoms with Gasteiger partial charge in [0.15, 0.2) is 22.7 Å². The minimum absolute atomic E-state index is 0.225. The molecule has 3 N–H and O–H groups in total. The van der Waals surface area contributed by atoms with Crippen molar-refractivity contribution >= 4 is 40.5 Å². The Kier molecular flexibility index (Phi) is 6.78. The van der Waals surface area contributed by atoms with Crippen LogP contribution < -0.4 is 30.4 Å². The van der Waals surface area contributed by atoms with E-state index in [9.17, 15) is 4.79 Å². The van der Waals surface area contributed by atoms with Crippen molar-refractivity contribution < 1.29 is 19.0 Å². The number of hydrazine groups is 1. The Balaban J connectivity index is 1.50. The number of fused-ring (bicyclic) bond motifs is 1. The molecule has 0 saturated carbocycles. The number of nitrogens with one attached hydrogen (secondary N) is 3. The van der Waals surface area contributed by atoms with Crippen molar-refractivity contribution in [1.82, 2.24) is 10.9 Å².